The highest BCUT2D eigenvalue weighted by molar-refractivity contribution is 7.90. The molecule has 8 heteroatoms. The first kappa shape index (κ1) is 17.8. The average molecular weight is 380 g/mol. The van der Waals surface area contributed by atoms with Crippen LogP contribution in [0.5, 0.6) is 0 Å². The van der Waals surface area contributed by atoms with Crippen molar-refractivity contribution in [2.24, 2.45) is 4.40 Å². The highest BCUT2D eigenvalue weighted by Gasteiger charge is 2.14. The molecule has 3 aromatic rings. The SMILES string of the molecule is CCOCCn1c(=NS(=O)(=O)c2ccc(F)cc2)sc2ccccc21. The second-order valence-electron chi connectivity index (χ2n) is 5.22. The van der Waals surface area contributed by atoms with Crippen molar-refractivity contribution in [3.8, 4) is 0 Å². The van der Waals surface area contributed by atoms with Crippen molar-refractivity contribution in [3.05, 3.63) is 59.1 Å². The fraction of sp³-hybridized carbons (Fsp3) is 0.235. The van der Waals surface area contributed by atoms with Crippen molar-refractivity contribution in [1.82, 2.24) is 4.57 Å². The molecule has 0 aliphatic heterocycles. The van der Waals surface area contributed by atoms with Crippen LogP contribution in [-0.2, 0) is 21.3 Å². The van der Waals surface area contributed by atoms with Gasteiger partial charge in [-0.05, 0) is 43.3 Å². The molecule has 0 unspecified atom stereocenters. The number of hydrogen-bond donors (Lipinski definition) is 0. The van der Waals surface area contributed by atoms with E-state index in [0.717, 1.165) is 22.3 Å². The van der Waals surface area contributed by atoms with Crippen LogP contribution in [0.2, 0.25) is 0 Å². The zero-order chi connectivity index (χ0) is 17.9. The summed E-state index contributed by atoms with van der Waals surface area (Å²) in [5.41, 5.74) is 0.903. The number of halogens is 1. The highest BCUT2D eigenvalue weighted by Crippen LogP contribution is 2.18. The second kappa shape index (κ2) is 7.47. The first-order chi connectivity index (χ1) is 12.0. The molecule has 5 nitrogen and oxygen atoms in total. The van der Waals surface area contributed by atoms with Crippen molar-refractivity contribution >= 4 is 31.6 Å². The number of hydrogen-bond acceptors (Lipinski definition) is 4. The number of benzene rings is 2. The van der Waals surface area contributed by atoms with E-state index >= 15 is 0 Å². The Hall–Kier alpha value is -2.03. The molecule has 25 heavy (non-hydrogen) atoms. The number of thiazole rings is 1. The molecule has 3 rings (SSSR count). The largest absolute Gasteiger partial charge is 0.380 e. The molecule has 2 aromatic carbocycles. The number of ether oxygens (including phenoxy) is 1. The van der Waals surface area contributed by atoms with Crippen molar-refractivity contribution in [2.75, 3.05) is 13.2 Å². The lowest BCUT2D eigenvalue weighted by molar-refractivity contribution is 0.139. The lowest BCUT2D eigenvalue weighted by Gasteiger charge is -2.05. The average Bonchev–Trinajstić information content (AvgIpc) is 2.92. The van der Waals surface area contributed by atoms with E-state index in [9.17, 15) is 12.8 Å². The number of rotatable bonds is 6. The summed E-state index contributed by atoms with van der Waals surface area (Å²) in [4.78, 5) is 0.327. The van der Waals surface area contributed by atoms with E-state index in [1.54, 1.807) is 0 Å². The molecule has 1 heterocycles. The molecule has 0 spiro atoms. The summed E-state index contributed by atoms with van der Waals surface area (Å²) in [7, 11) is -3.92. The molecule has 0 amide bonds. The lowest BCUT2D eigenvalue weighted by atomic mass is 10.3. The van der Waals surface area contributed by atoms with E-state index in [2.05, 4.69) is 4.40 Å². The smallest absolute Gasteiger partial charge is 0.285 e. The van der Waals surface area contributed by atoms with Gasteiger partial charge in [-0.15, -0.1) is 4.40 Å². The highest BCUT2D eigenvalue weighted by atomic mass is 32.2. The van der Waals surface area contributed by atoms with Gasteiger partial charge in [0.15, 0.2) is 0 Å². The van der Waals surface area contributed by atoms with Gasteiger partial charge in [-0.25, -0.2) is 4.39 Å². The molecule has 0 N–H and O–H groups in total. The molecule has 0 fully saturated rings. The van der Waals surface area contributed by atoms with Gasteiger partial charge in [-0.3, -0.25) is 0 Å². The zero-order valence-electron chi connectivity index (χ0n) is 13.6. The van der Waals surface area contributed by atoms with Crippen LogP contribution in [0.15, 0.2) is 57.8 Å². The van der Waals surface area contributed by atoms with Crippen LogP contribution in [0.4, 0.5) is 4.39 Å². The molecule has 0 aliphatic carbocycles. The van der Waals surface area contributed by atoms with E-state index in [4.69, 9.17) is 4.74 Å². The van der Waals surface area contributed by atoms with E-state index in [1.165, 1.54) is 23.5 Å². The Bertz CT molecular complexity index is 1040. The molecule has 0 saturated heterocycles. The molecule has 0 radical (unpaired) electrons. The maximum Gasteiger partial charge on any atom is 0.285 e. The third-order valence-corrected chi connectivity index (χ3v) is 6.02. The molecule has 0 atom stereocenters. The Kier molecular flexibility index (Phi) is 5.31. The summed E-state index contributed by atoms with van der Waals surface area (Å²) < 4.78 is 50.3. The van der Waals surface area contributed by atoms with Crippen LogP contribution in [0, 0.1) is 5.82 Å². The summed E-state index contributed by atoms with van der Waals surface area (Å²) in [5, 5.41) is 0. The Labute approximate surface area is 149 Å². The summed E-state index contributed by atoms with van der Waals surface area (Å²) in [5.74, 6) is -0.493. The Morgan fingerprint density at radius 3 is 2.60 bits per heavy atom. The topological polar surface area (TPSA) is 60.7 Å². The Morgan fingerprint density at radius 1 is 1.16 bits per heavy atom. The maximum absolute atomic E-state index is 13.0. The molecule has 0 bridgehead atoms. The monoisotopic (exact) mass is 380 g/mol. The van der Waals surface area contributed by atoms with Gasteiger partial charge < -0.3 is 9.30 Å². The normalized spacial score (nSPS) is 12.8. The maximum atomic E-state index is 13.0. The minimum atomic E-state index is -3.92. The van der Waals surface area contributed by atoms with Crippen molar-refractivity contribution < 1.29 is 17.5 Å². The third kappa shape index (κ3) is 3.97. The third-order valence-electron chi connectivity index (χ3n) is 3.56. The number of nitrogens with zero attached hydrogens (tertiary/aromatic N) is 2. The quantitative estimate of drug-likeness (QED) is 0.617. The minimum Gasteiger partial charge on any atom is -0.380 e. The van der Waals surface area contributed by atoms with Gasteiger partial charge in [-0.2, -0.15) is 8.42 Å². The van der Waals surface area contributed by atoms with Gasteiger partial charge in [0.1, 0.15) is 5.82 Å². The second-order valence-corrected chi connectivity index (χ2v) is 7.83. The fourth-order valence-corrected chi connectivity index (χ4v) is 4.63. The molecule has 0 saturated carbocycles. The number of sulfonamides is 1. The van der Waals surface area contributed by atoms with Crippen LogP contribution in [0.25, 0.3) is 10.2 Å². The van der Waals surface area contributed by atoms with Crippen LogP contribution >= 0.6 is 11.3 Å². The van der Waals surface area contributed by atoms with Crippen LogP contribution in [0.1, 0.15) is 6.92 Å². The van der Waals surface area contributed by atoms with E-state index in [-0.39, 0.29) is 4.90 Å². The van der Waals surface area contributed by atoms with Crippen molar-refractivity contribution in [1.29, 1.82) is 0 Å². The van der Waals surface area contributed by atoms with Crippen LogP contribution in [-0.4, -0.2) is 26.2 Å². The molecule has 132 valence electrons. The number of aromatic nitrogens is 1. The van der Waals surface area contributed by atoms with Gasteiger partial charge in [0.05, 0.1) is 21.7 Å². The van der Waals surface area contributed by atoms with Crippen LogP contribution in [0.3, 0.4) is 0 Å². The summed E-state index contributed by atoms with van der Waals surface area (Å²) >= 11 is 1.29. The minimum absolute atomic E-state index is 0.0392. The molecule has 0 aliphatic rings. The van der Waals surface area contributed by atoms with E-state index < -0.39 is 15.8 Å². The molecule has 1 aromatic heterocycles. The number of para-hydroxylation sites is 1. The van der Waals surface area contributed by atoms with Gasteiger partial charge in [0.25, 0.3) is 10.0 Å². The van der Waals surface area contributed by atoms with Gasteiger partial charge in [0.2, 0.25) is 4.80 Å². The predicted octanol–water partition coefficient (Wildman–Crippen LogP) is 3.17. The molecular formula is C17H17FN2O3S2. The van der Waals surface area contributed by atoms with E-state index in [0.29, 0.717) is 24.6 Å². The standard InChI is InChI=1S/C17H17FN2O3S2/c1-2-23-12-11-20-15-5-3-4-6-16(15)24-17(20)19-25(21,22)14-9-7-13(18)8-10-14/h3-10H,2,11-12H2,1H3. The van der Waals surface area contributed by atoms with Crippen molar-refractivity contribution in [2.45, 2.75) is 18.4 Å². The van der Waals surface area contributed by atoms with E-state index in [1.807, 2.05) is 35.8 Å². The van der Waals surface area contributed by atoms with Gasteiger partial charge >= 0.3 is 0 Å². The summed E-state index contributed by atoms with van der Waals surface area (Å²) in [6, 6.07) is 12.3. The summed E-state index contributed by atoms with van der Waals surface area (Å²) in [6.07, 6.45) is 0. The van der Waals surface area contributed by atoms with Gasteiger partial charge in [-0.1, -0.05) is 23.5 Å². The lowest BCUT2D eigenvalue weighted by Crippen LogP contribution is -2.19. The predicted molar refractivity (Wildman–Crippen MR) is 95.5 cm³/mol. The zero-order valence-corrected chi connectivity index (χ0v) is 15.2. The first-order valence-corrected chi connectivity index (χ1v) is 9.99. The fourth-order valence-electron chi connectivity index (χ4n) is 2.37. The van der Waals surface area contributed by atoms with Crippen molar-refractivity contribution in [3.63, 3.8) is 0 Å². The Morgan fingerprint density at radius 2 is 1.88 bits per heavy atom. The first-order valence-electron chi connectivity index (χ1n) is 7.74. The summed E-state index contributed by atoms with van der Waals surface area (Å²) in [6.45, 7) is 3.44. The van der Waals surface area contributed by atoms with Crippen LogP contribution < -0.4 is 4.80 Å². The number of fused-ring (bicyclic) bond motifs is 1. The molecular weight excluding hydrogens is 363 g/mol. The Balaban J connectivity index is 2.11. The van der Waals surface area contributed by atoms with Gasteiger partial charge in [0, 0.05) is 13.2 Å².